The number of halogens is 3. The van der Waals surface area contributed by atoms with Gasteiger partial charge in [0, 0.05) is 17.2 Å². The predicted octanol–water partition coefficient (Wildman–Crippen LogP) is 3.47. The molecule has 136 valence electrons. The van der Waals surface area contributed by atoms with E-state index in [1.807, 2.05) is 0 Å². The molecule has 5 nitrogen and oxygen atoms in total. The summed E-state index contributed by atoms with van der Waals surface area (Å²) in [6.07, 6.45) is -0.869. The number of fused-ring (bicyclic) bond motifs is 1. The van der Waals surface area contributed by atoms with Gasteiger partial charge in [0.2, 0.25) is 9.84 Å². The van der Waals surface area contributed by atoms with Crippen LogP contribution in [-0.4, -0.2) is 19.3 Å². The van der Waals surface area contributed by atoms with Gasteiger partial charge in [-0.1, -0.05) is 0 Å². The highest BCUT2D eigenvalue weighted by atomic mass is 32.2. The third-order valence-electron chi connectivity index (χ3n) is 4.04. The Bertz CT molecular complexity index is 1020. The third-order valence-corrected chi connectivity index (χ3v) is 5.48. The lowest BCUT2D eigenvalue weighted by Gasteiger charge is -2.15. The average Bonchev–Trinajstić information content (AvgIpc) is 2.96. The van der Waals surface area contributed by atoms with Crippen molar-refractivity contribution in [2.45, 2.75) is 29.6 Å². The van der Waals surface area contributed by atoms with Crippen LogP contribution in [0.2, 0.25) is 0 Å². The van der Waals surface area contributed by atoms with E-state index < -0.39 is 32.4 Å². The quantitative estimate of drug-likeness (QED) is 0.874. The molecule has 2 aromatic rings. The number of hydrogen-bond donors (Lipinski definition) is 1. The number of ether oxygens (including phenoxy) is 1. The summed E-state index contributed by atoms with van der Waals surface area (Å²) in [4.78, 5) is -0.642. The number of rotatable bonds is 4. The fourth-order valence-electron chi connectivity index (χ4n) is 2.92. The number of aliphatic hydroxyl groups is 1. The van der Waals surface area contributed by atoms with Gasteiger partial charge in [0.1, 0.15) is 17.3 Å². The molecule has 0 spiro atoms. The Labute approximate surface area is 147 Å². The van der Waals surface area contributed by atoms with Crippen molar-refractivity contribution >= 4 is 9.84 Å². The van der Waals surface area contributed by atoms with Crippen LogP contribution in [0.4, 0.5) is 13.2 Å². The highest BCUT2D eigenvalue weighted by Gasteiger charge is 2.36. The van der Waals surface area contributed by atoms with Gasteiger partial charge in [-0.3, -0.25) is 0 Å². The summed E-state index contributed by atoms with van der Waals surface area (Å²) >= 11 is 0. The Balaban J connectivity index is 2.09. The number of sulfone groups is 1. The van der Waals surface area contributed by atoms with Crippen molar-refractivity contribution in [3.8, 4) is 17.6 Å². The summed E-state index contributed by atoms with van der Waals surface area (Å²) in [6, 6.07) is 7.22. The van der Waals surface area contributed by atoms with Crippen LogP contribution in [0.15, 0.2) is 35.2 Å². The molecule has 1 aliphatic rings. The highest BCUT2D eigenvalue weighted by molar-refractivity contribution is 7.91. The lowest BCUT2D eigenvalue weighted by Crippen LogP contribution is -2.15. The summed E-state index contributed by atoms with van der Waals surface area (Å²) < 4.78 is 68.6. The molecule has 9 heteroatoms. The van der Waals surface area contributed by atoms with Gasteiger partial charge in [-0.2, -0.15) is 14.0 Å². The van der Waals surface area contributed by atoms with Crippen molar-refractivity contribution in [1.82, 2.24) is 0 Å². The largest absolute Gasteiger partial charge is 0.457 e. The minimum Gasteiger partial charge on any atom is -0.457 e. The molecule has 3 rings (SSSR count). The van der Waals surface area contributed by atoms with Crippen molar-refractivity contribution in [2.24, 2.45) is 0 Å². The third kappa shape index (κ3) is 3.13. The van der Waals surface area contributed by atoms with E-state index in [9.17, 15) is 26.7 Å². The first kappa shape index (κ1) is 18.2. The van der Waals surface area contributed by atoms with Gasteiger partial charge >= 0.3 is 5.76 Å². The van der Waals surface area contributed by atoms with E-state index in [4.69, 9.17) is 10.00 Å². The molecule has 0 heterocycles. The van der Waals surface area contributed by atoms with Gasteiger partial charge in [-0.05, 0) is 37.1 Å². The summed E-state index contributed by atoms with van der Waals surface area (Å²) in [6.45, 7) is 0. The molecule has 0 amide bonds. The topological polar surface area (TPSA) is 87.4 Å². The first-order valence-electron chi connectivity index (χ1n) is 7.48. The highest BCUT2D eigenvalue weighted by Crippen LogP contribution is 2.43. The molecule has 0 aromatic heterocycles. The number of aliphatic hydroxyl groups excluding tert-OH is 1. The second-order valence-electron chi connectivity index (χ2n) is 5.70. The van der Waals surface area contributed by atoms with E-state index in [0.717, 1.165) is 18.2 Å². The van der Waals surface area contributed by atoms with Crippen molar-refractivity contribution in [2.75, 3.05) is 0 Å². The van der Waals surface area contributed by atoms with E-state index in [0.29, 0.717) is 0 Å². The lowest BCUT2D eigenvalue weighted by atomic mass is 10.1. The monoisotopic (exact) mass is 383 g/mol. The number of hydrogen-bond acceptors (Lipinski definition) is 5. The summed E-state index contributed by atoms with van der Waals surface area (Å²) in [5.41, 5.74) is 0.162. The first-order chi connectivity index (χ1) is 12.2. The Hall–Kier alpha value is -2.57. The molecular weight excluding hydrogens is 371 g/mol. The summed E-state index contributed by atoms with van der Waals surface area (Å²) in [7, 11) is -4.89. The molecule has 1 atom stereocenters. The van der Waals surface area contributed by atoms with Crippen LogP contribution in [0.3, 0.4) is 0 Å². The van der Waals surface area contributed by atoms with Crippen LogP contribution in [0.5, 0.6) is 11.5 Å². The lowest BCUT2D eigenvalue weighted by molar-refractivity contribution is 0.176. The molecule has 1 N–H and O–H groups in total. The van der Waals surface area contributed by atoms with E-state index in [-0.39, 0.29) is 41.0 Å². The fraction of sp³-hybridized carbons (Fsp3) is 0.235. The van der Waals surface area contributed by atoms with Gasteiger partial charge in [0.05, 0.1) is 22.6 Å². The zero-order chi connectivity index (χ0) is 19.1. The normalized spacial score (nSPS) is 16.4. The molecule has 1 aliphatic carbocycles. The zero-order valence-electron chi connectivity index (χ0n) is 13.1. The van der Waals surface area contributed by atoms with Crippen molar-refractivity contribution in [1.29, 1.82) is 5.26 Å². The fourth-order valence-corrected chi connectivity index (χ4v) is 3.94. The maximum Gasteiger partial charge on any atom is 0.341 e. The average molecular weight is 383 g/mol. The molecule has 2 aromatic carbocycles. The number of benzene rings is 2. The SMILES string of the molecule is N#Cc1cc(F)cc(Oc2ccc(S(=O)(=O)C(F)F)c3c2CC[C@H]3O)c1. The Morgan fingerprint density at radius 1 is 1.27 bits per heavy atom. The van der Waals surface area contributed by atoms with Crippen molar-refractivity contribution in [3.05, 3.63) is 52.8 Å². The van der Waals surface area contributed by atoms with Crippen LogP contribution < -0.4 is 4.74 Å². The van der Waals surface area contributed by atoms with Crippen molar-refractivity contribution in [3.63, 3.8) is 0 Å². The standard InChI is InChI=1S/C17H12F3NO4S/c18-10-5-9(8-21)6-11(7-10)25-14-3-4-15(26(23,24)17(19)20)16-12(14)1-2-13(16)22/h3-7,13,17,22H,1-2H2/t13-/m1/s1. The van der Waals surface area contributed by atoms with Gasteiger partial charge in [-0.15, -0.1) is 0 Å². The second-order valence-corrected chi connectivity index (χ2v) is 7.59. The summed E-state index contributed by atoms with van der Waals surface area (Å²) in [5.74, 6) is -4.21. The maximum absolute atomic E-state index is 13.5. The Morgan fingerprint density at radius 3 is 2.65 bits per heavy atom. The smallest absolute Gasteiger partial charge is 0.341 e. The molecule has 0 unspecified atom stereocenters. The van der Waals surface area contributed by atoms with Gasteiger partial charge in [0.25, 0.3) is 0 Å². The van der Waals surface area contributed by atoms with Crippen LogP contribution >= 0.6 is 0 Å². The van der Waals surface area contributed by atoms with E-state index >= 15 is 0 Å². The molecule has 0 saturated carbocycles. The number of nitriles is 1. The van der Waals surface area contributed by atoms with Crippen LogP contribution in [-0.2, 0) is 16.3 Å². The van der Waals surface area contributed by atoms with E-state index in [2.05, 4.69) is 0 Å². The van der Waals surface area contributed by atoms with E-state index in [1.54, 1.807) is 6.07 Å². The predicted molar refractivity (Wildman–Crippen MR) is 84.1 cm³/mol. The summed E-state index contributed by atoms with van der Waals surface area (Å²) in [5, 5.41) is 18.9. The minimum absolute atomic E-state index is 0.00499. The number of nitrogens with zero attached hydrogens (tertiary/aromatic N) is 1. The molecular formula is C17H12F3NO4S. The number of alkyl halides is 2. The Morgan fingerprint density at radius 2 is 2.00 bits per heavy atom. The molecule has 0 aliphatic heterocycles. The van der Waals surface area contributed by atoms with Crippen molar-refractivity contribution < 1.29 is 31.4 Å². The maximum atomic E-state index is 13.5. The zero-order valence-corrected chi connectivity index (χ0v) is 13.9. The van der Waals surface area contributed by atoms with Gasteiger partial charge < -0.3 is 9.84 Å². The van der Waals surface area contributed by atoms with Gasteiger partial charge in [-0.25, -0.2) is 12.8 Å². The molecule has 26 heavy (non-hydrogen) atoms. The second kappa shape index (κ2) is 6.63. The molecule has 0 saturated heterocycles. The molecule has 0 bridgehead atoms. The first-order valence-corrected chi connectivity index (χ1v) is 9.03. The van der Waals surface area contributed by atoms with Crippen LogP contribution in [0.25, 0.3) is 0 Å². The van der Waals surface area contributed by atoms with Crippen LogP contribution in [0.1, 0.15) is 29.2 Å². The minimum atomic E-state index is -4.89. The Kier molecular flexibility index (Phi) is 4.64. The van der Waals surface area contributed by atoms with E-state index in [1.165, 1.54) is 12.1 Å². The molecule has 0 fully saturated rings. The van der Waals surface area contributed by atoms with Crippen LogP contribution in [0, 0.1) is 17.1 Å². The molecule has 0 radical (unpaired) electrons. The van der Waals surface area contributed by atoms with Gasteiger partial charge in [0.15, 0.2) is 0 Å².